The van der Waals surface area contributed by atoms with Crippen LogP contribution in [0.25, 0.3) is 10.2 Å². The number of benzene rings is 1. The molecule has 0 radical (unpaired) electrons. The van der Waals surface area contributed by atoms with Gasteiger partial charge in [0.15, 0.2) is 0 Å². The highest BCUT2D eigenvalue weighted by molar-refractivity contribution is 7.21. The summed E-state index contributed by atoms with van der Waals surface area (Å²) in [5.74, 6) is 0.112. The fourth-order valence-corrected chi connectivity index (χ4v) is 5.01. The molecule has 0 fully saturated rings. The summed E-state index contributed by atoms with van der Waals surface area (Å²) in [4.78, 5) is 29.4. The van der Waals surface area contributed by atoms with E-state index >= 15 is 0 Å². The van der Waals surface area contributed by atoms with Gasteiger partial charge in [-0.2, -0.15) is 0 Å². The Kier molecular flexibility index (Phi) is 4.97. The third kappa shape index (κ3) is 3.63. The second kappa shape index (κ2) is 7.36. The molecule has 1 aliphatic rings. The molecule has 0 saturated heterocycles. The van der Waals surface area contributed by atoms with Crippen molar-refractivity contribution >= 4 is 44.5 Å². The molecule has 1 atom stereocenters. The molecule has 1 aromatic carbocycles. The van der Waals surface area contributed by atoms with Gasteiger partial charge in [-0.25, -0.2) is 4.98 Å². The summed E-state index contributed by atoms with van der Waals surface area (Å²) in [6, 6.07) is 8.12. The SMILES string of the molecule is CC(C)(C)[C@H]1CCc2nc3sc(C(=O)Nc4ccccc4[N+](=O)[O-])c(N)c3cc2C1. The molecule has 0 saturated carbocycles. The lowest BCUT2D eigenvalue weighted by atomic mass is 9.71. The van der Waals surface area contributed by atoms with E-state index in [9.17, 15) is 14.9 Å². The predicted molar refractivity (Wildman–Crippen MR) is 120 cm³/mol. The van der Waals surface area contributed by atoms with Crippen molar-refractivity contribution in [3.05, 3.63) is 56.6 Å². The summed E-state index contributed by atoms with van der Waals surface area (Å²) in [6.45, 7) is 6.79. The molecule has 0 spiro atoms. The average molecular weight is 425 g/mol. The number of para-hydroxylation sites is 2. The first-order valence-corrected chi connectivity index (χ1v) is 10.7. The van der Waals surface area contributed by atoms with Gasteiger partial charge in [0.1, 0.15) is 15.4 Å². The topological polar surface area (TPSA) is 111 Å². The molecule has 0 unspecified atom stereocenters. The Morgan fingerprint density at radius 3 is 2.77 bits per heavy atom. The number of hydrogen-bond donors (Lipinski definition) is 2. The number of carbonyl (C=O) groups excluding carboxylic acids is 1. The van der Waals surface area contributed by atoms with E-state index < -0.39 is 10.8 Å². The molecule has 156 valence electrons. The van der Waals surface area contributed by atoms with Gasteiger partial charge < -0.3 is 11.1 Å². The molecule has 1 amide bonds. The van der Waals surface area contributed by atoms with Gasteiger partial charge >= 0.3 is 0 Å². The van der Waals surface area contributed by atoms with Crippen LogP contribution in [0.5, 0.6) is 0 Å². The van der Waals surface area contributed by atoms with Crippen LogP contribution in [-0.2, 0) is 12.8 Å². The van der Waals surface area contributed by atoms with E-state index in [0.717, 1.165) is 35.2 Å². The van der Waals surface area contributed by atoms with Crippen LogP contribution in [-0.4, -0.2) is 15.8 Å². The Bertz CT molecular complexity index is 1160. The zero-order valence-corrected chi connectivity index (χ0v) is 18.0. The van der Waals surface area contributed by atoms with E-state index in [4.69, 9.17) is 10.7 Å². The first-order valence-electron chi connectivity index (χ1n) is 9.90. The van der Waals surface area contributed by atoms with Gasteiger partial charge in [-0.05, 0) is 48.3 Å². The average Bonchev–Trinajstić information content (AvgIpc) is 3.01. The number of aryl methyl sites for hydroxylation is 1. The van der Waals surface area contributed by atoms with Crippen molar-refractivity contribution in [2.45, 2.75) is 40.0 Å². The van der Waals surface area contributed by atoms with Crippen LogP contribution >= 0.6 is 11.3 Å². The number of hydrogen-bond acceptors (Lipinski definition) is 6. The third-order valence-electron chi connectivity index (χ3n) is 5.87. The first-order chi connectivity index (χ1) is 14.1. The molecule has 0 bridgehead atoms. The van der Waals surface area contributed by atoms with E-state index in [-0.39, 0.29) is 16.8 Å². The van der Waals surface area contributed by atoms with E-state index in [1.807, 2.05) is 0 Å². The van der Waals surface area contributed by atoms with Crippen LogP contribution in [0.15, 0.2) is 30.3 Å². The number of rotatable bonds is 3. The monoisotopic (exact) mass is 424 g/mol. The minimum absolute atomic E-state index is 0.143. The lowest BCUT2D eigenvalue weighted by Crippen LogP contribution is -2.27. The predicted octanol–water partition coefficient (Wildman–Crippen LogP) is 5.19. The second-order valence-corrected chi connectivity index (χ2v) is 9.82. The highest BCUT2D eigenvalue weighted by atomic mass is 32.1. The van der Waals surface area contributed by atoms with Gasteiger partial charge in [0.05, 0.1) is 10.6 Å². The van der Waals surface area contributed by atoms with Crippen LogP contribution < -0.4 is 11.1 Å². The number of aromatic nitrogens is 1. The highest BCUT2D eigenvalue weighted by Crippen LogP contribution is 2.40. The summed E-state index contributed by atoms with van der Waals surface area (Å²) in [6.07, 6.45) is 2.97. The maximum Gasteiger partial charge on any atom is 0.292 e. The standard InChI is InChI=1S/C22H24N4O3S/c1-22(2,3)13-8-9-15-12(10-13)11-14-18(23)19(30-21(14)25-15)20(27)24-16-6-4-5-7-17(16)26(28)29/h4-7,11,13H,8-10,23H2,1-3H3,(H,24,27)/t13-/m0/s1. The molecule has 0 aliphatic heterocycles. The summed E-state index contributed by atoms with van der Waals surface area (Å²) < 4.78 is 0. The van der Waals surface area contributed by atoms with Gasteiger partial charge in [0.2, 0.25) is 0 Å². The Morgan fingerprint density at radius 1 is 1.33 bits per heavy atom. The van der Waals surface area contributed by atoms with Gasteiger partial charge in [-0.1, -0.05) is 32.9 Å². The van der Waals surface area contributed by atoms with Crippen molar-refractivity contribution in [1.82, 2.24) is 4.98 Å². The Morgan fingerprint density at radius 2 is 2.07 bits per heavy atom. The molecule has 2 aromatic heterocycles. The zero-order chi connectivity index (χ0) is 21.6. The normalized spacial score (nSPS) is 16.3. The molecule has 3 aromatic rings. The lowest BCUT2D eigenvalue weighted by molar-refractivity contribution is -0.383. The van der Waals surface area contributed by atoms with Crippen LogP contribution in [0.4, 0.5) is 17.1 Å². The number of nitrogens with two attached hydrogens (primary N) is 1. The number of thiophene rings is 1. The molecule has 1 aliphatic carbocycles. The minimum atomic E-state index is -0.523. The largest absolute Gasteiger partial charge is 0.397 e. The van der Waals surface area contributed by atoms with Gasteiger partial charge in [-0.3, -0.25) is 14.9 Å². The van der Waals surface area contributed by atoms with Crippen molar-refractivity contribution in [2.24, 2.45) is 11.3 Å². The molecule has 3 N–H and O–H groups in total. The molecule has 2 heterocycles. The number of nitrogens with zero attached hydrogens (tertiary/aromatic N) is 2. The number of carbonyl (C=O) groups is 1. The zero-order valence-electron chi connectivity index (χ0n) is 17.2. The third-order valence-corrected chi connectivity index (χ3v) is 6.98. The fraction of sp³-hybridized carbons (Fsp3) is 0.364. The van der Waals surface area contributed by atoms with Crippen LogP contribution in [0.3, 0.4) is 0 Å². The minimum Gasteiger partial charge on any atom is -0.397 e. The summed E-state index contributed by atoms with van der Waals surface area (Å²) in [5, 5.41) is 14.6. The number of nitrogens with one attached hydrogen (secondary N) is 1. The summed E-state index contributed by atoms with van der Waals surface area (Å²) in [7, 11) is 0. The van der Waals surface area contributed by atoms with E-state index in [1.54, 1.807) is 12.1 Å². The number of anilines is 2. The number of amides is 1. The quantitative estimate of drug-likeness (QED) is 0.444. The Labute approximate surface area is 178 Å². The van der Waals surface area contributed by atoms with E-state index in [2.05, 4.69) is 32.2 Å². The molecular formula is C22H24N4O3S. The van der Waals surface area contributed by atoms with Gasteiger partial charge in [0, 0.05) is 17.1 Å². The summed E-state index contributed by atoms with van der Waals surface area (Å²) in [5.41, 5.74) is 9.18. The number of pyridine rings is 1. The van der Waals surface area contributed by atoms with Crippen molar-refractivity contribution in [2.75, 3.05) is 11.1 Å². The molecule has 4 rings (SSSR count). The number of nitro benzene ring substituents is 1. The second-order valence-electron chi connectivity index (χ2n) is 8.83. The van der Waals surface area contributed by atoms with E-state index in [0.29, 0.717) is 16.5 Å². The number of nitro groups is 1. The fourth-order valence-electron chi connectivity index (χ4n) is 4.02. The van der Waals surface area contributed by atoms with Crippen LogP contribution in [0.1, 0.15) is 48.1 Å². The Hall–Kier alpha value is -3.00. The number of fused-ring (bicyclic) bond motifs is 2. The maximum absolute atomic E-state index is 12.9. The van der Waals surface area contributed by atoms with Crippen LogP contribution in [0.2, 0.25) is 0 Å². The smallest absolute Gasteiger partial charge is 0.292 e. The van der Waals surface area contributed by atoms with Gasteiger partial charge in [0.25, 0.3) is 11.6 Å². The van der Waals surface area contributed by atoms with E-state index in [1.165, 1.54) is 29.0 Å². The molecular weight excluding hydrogens is 400 g/mol. The Balaban J connectivity index is 1.68. The number of nitrogen functional groups attached to an aromatic ring is 1. The lowest BCUT2D eigenvalue weighted by Gasteiger charge is -2.34. The molecule has 8 heteroatoms. The first kappa shape index (κ1) is 20.3. The van der Waals surface area contributed by atoms with Crippen molar-refractivity contribution in [3.8, 4) is 0 Å². The van der Waals surface area contributed by atoms with Crippen molar-refractivity contribution < 1.29 is 9.72 Å². The van der Waals surface area contributed by atoms with Crippen molar-refractivity contribution in [1.29, 1.82) is 0 Å². The molecule has 7 nitrogen and oxygen atoms in total. The maximum atomic E-state index is 12.9. The van der Waals surface area contributed by atoms with Crippen molar-refractivity contribution in [3.63, 3.8) is 0 Å². The van der Waals surface area contributed by atoms with Crippen LogP contribution in [0, 0.1) is 21.4 Å². The van der Waals surface area contributed by atoms with Gasteiger partial charge in [-0.15, -0.1) is 11.3 Å². The summed E-state index contributed by atoms with van der Waals surface area (Å²) >= 11 is 1.23. The highest BCUT2D eigenvalue weighted by Gasteiger charge is 2.30. The molecule has 30 heavy (non-hydrogen) atoms.